The quantitative estimate of drug-likeness (QED) is 0.159. The van der Waals surface area contributed by atoms with Gasteiger partial charge in [0, 0.05) is 0 Å². The summed E-state index contributed by atoms with van der Waals surface area (Å²) < 4.78 is 8.88. The normalized spacial score (nSPS) is 10.6. The monoisotopic (exact) mass is 404 g/mol. The number of hydrogen-bond acceptors (Lipinski definition) is 2. The Bertz CT molecular complexity index is 289. The first kappa shape index (κ1) is 31.1. The molecule has 0 fully saturated rings. The summed E-state index contributed by atoms with van der Waals surface area (Å²) in [5.74, 6) is 0. The predicted octanol–water partition coefficient (Wildman–Crippen LogP) is 2.43. The molecule has 0 aromatic carbocycles. The van der Waals surface area contributed by atoms with Crippen molar-refractivity contribution in [3.05, 3.63) is 0 Å². The van der Waals surface area contributed by atoms with Crippen LogP contribution in [0, 0.1) is 0 Å². The molecular formula is C18H38KO5P. The molecule has 0 heterocycles. The summed E-state index contributed by atoms with van der Waals surface area (Å²) in [7, 11) is -4.64. The van der Waals surface area contributed by atoms with Crippen molar-refractivity contribution >= 4 is 14.1 Å². The molecule has 0 aliphatic heterocycles. The van der Waals surface area contributed by atoms with Gasteiger partial charge in [-0.15, -0.1) is 0 Å². The molecule has 0 saturated heterocycles. The van der Waals surface area contributed by atoms with Gasteiger partial charge in [0.15, 0.2) is 0 Å². The third-order valence-electron chi connectivity index (χ3n) is 3.88. The molecule has 3 N–H and O–H groups in total. The van der Waals surface area contributed by atoms with Gasteiger partial charge in [-0.3, -0.25) is 6.29 Å². The van der Waals surface area contributed by atoms with Crippen LogP contribution in [0.4, 0.5) is 0 Å². The van der Waals surface area contributed by atoms with E-state index in [2.05, 4.69) is 6.92 Å². The van der Waals surface area contributed by atoms with Crippen molar-refractivity contribution in [1.29, 1.82) is 0 Å². The maximum Gasteiger partial charge on any atom is 1.00 e. The van der Waals surface area contributed by atoms with E-state index in [1.165, 1.54) is 89.9 Å². The SMILES string of the molecule is CCCCCCCCCCCCCCCCC[C-]=O.O=P(O)(O)O.[K+]. The summed E-state index contributed by atoms with van der Waals surface area (Å²) in [5.41, 5.74) is 0. The molecule has 0 aromatic rings. The zero-order valence-electron chi connectivity index (χ0n) is 16.4. The zero-order chi connectivity index (χ0) is 18.5. The maximum atomic E-state index is 10.0. The Balaban J connectivity index is -0.000000704. The van der Waals surface area contributed by atoms with Crippen molar-refractivity contribution in [3.63, 3.8) is 0 Å². The fraction of sp³-hybridized carbons (Fsp3) is 0.944. The average Bonchev–Trinajstić information content (AvgIpc) is 2.49. The van der Waals surface area contributed by atoms with Gasteiger partial charge in [0.1, 0.15) is 0 Å². The van der Waals surface area contributed by atoms with Crippen LogP contribution in [0.15, 0.2) is 0 Å². The van der Waals surface area contributed by atoms with Gasteiger partial charge in [-0.25, -0.2) is 4.57 Å². The molecule has 25 heavy (non-hydrogen) atoms. The van der Waals surface area contributed by atoms with Crippen LogP contribution in [0.25, 0.3) is 0 Å². The Morgan fingerprint density at radius 2 is 0.880 bits per heavy atom. The minimum absolute atomic E-state index is 0. The van der Waals surface area contributed by atoms with Crippen molar-refractivity contribution < 1.29 is 75.4 Å². The number of phosphoric acid groups is 1. The Labute approximate surface area is 197 Å². The van der Waals surface area contributed by atoms with Crippen LogP contribution in [0.3, 0.4) is 0 Å². The second kappa shape index (κ2) is 25.4. The van der Waals surface area contributed by atoms with Gasteiger partial charge in [-0.2, -0.15) is 6.42 Å². The fourth-order valence-electron chi connectivity index (χ4n) is 2.57. The molecular weight excluding hydrogens is 366 g/mol. The molecule has 0 unspecified atom stereocenters. The van der Waals surface area contributed by atoms with Crippen LogP contribution in [0.2, 0.25) is 0 Å². The molecule has 0 aliphatic carbocycles. The molecule has 0 spiro atoms. The molecule has 5 nitrogen and oxygen atoms in total. The van der Waals surface area contributed by atoms with Crippen LogP contribution < -0.4 is 51.4 Å². The van der Waals surface area contributed by atoms with Crippen molar-refractivity contribution in [3.8, 4) is 0 Å². The summed E-state index contributed by atoms with van der Waals surface area (Å²) in [6.07, 6.45) is 23.2. The molecule has 0 rings (SSSR count). The number of carbonyl (C=O) groups excluding carboxylic acids is 1. The van der Waals surface area contributed by atoms with E-state index in [1.54, 1.807) is 0 Å². The Morgan fingerprint density at radius 3 is 1.12 bits per heavy atom. The van der Waals surface area contributed by atoms with E-state index in [4.69, 9.17) is 19.2 Å². The molecule has 0 atom stereocenters. The van der Waals surface area contributed by atoms with E-state index in [0.717, 1.165) is 6.42 Å². The summed E-state index contributed by atoms with van der Waals surface area (Å²) in [5, 5.41) is 0. The molecule has 0 aliphatic rings. The van der Waals surface area contributed by atoms with Crippen molar-refractivity contribution in [2.24, 2.45) is 0 Å². The second-order valence-corrected chi connectivity index (χ2v) is 7.38. The van der Waals surface area contributed by atoms with Crippen molar-refractivity contribution in [2.75, 3.05) is 0 Å². The van der Waals surface area contributed by atoms with Gasteiger partial charge >= 0.3 is 59.2 Å². The largest absolute Gasteiger partial charge is 1.00 e. The first-order valence-corrected chi connectivity index (χ1v) is 11.1. The summed E-state index contributed by atoms with van der Waals surface area (Å²) in [6.45, 7) is 2.28. The van der Waals surface area contributed by atoms with E-state index >= 15 is 0 Å². The van der Waals surface area contributed by atoms with Crippen molar-refractivity contribution in [1.82, 2.24) is 0 Å². The third-order valence-corrected chi connectivity index (χ3v) is 3.88. The van der Waals surface area contributed by atoms with Gasteiger partial charge < -0.3 is 19.5 Å². The van der Waals surface area contributed by atoms with E-state index in [1.807, 2.05) is 6.29 Å². The first-order valence-electron chi connectivity index (χ1n) is 9.55. The van der Waals surface area contributed by atoms with Crippen LogP contribution >= 0.6 is 7.82 Å². The van der Waals surface area contributed by atoms with E-state index in [0.29, 0.717) is 6.42 Å². The van der Waals surface area contributed by atoms with Gasteiger partial charge in [-0.1, -0.05) is 103 Å². The van der Waals surface area contributed by atoms with Gasteiger partial charge in [0.05, 0.1) is 0 Å². The molecule has 0 bridgehead atoms. The summed E-state index contributed by atoms with van der Waals surface area (Å²) >= 11 is 0. The fourth-order valence-corrected chi connectivity index (χ4v) is 2.57. The van der Waals surface area contributed by atoms with Crippen LogP contribution in [0.5, 0.6) is 0 Å². The second-order valence-electron chi connectivity index (χ2n) is 6.36. The summed E-state index contributed by atoms with van der Waals surface area (Å²) in [4.78, 5) is 31.6. The van der Waals surface area contributed by atoms with Crippen LogP contribution in [0.1, 0.15) is 110 Å². The smallest absolute Gasteiger partial charge is 0.542 e. The van der Waals surface area contributed by atoms with Crippen LogP contribution in [-0.2, 0) is 9.36 Å². The van der Waals surface area contributed by atoms with E-state index in [-0.39, 0.29) is 51.4 Å². The maximum absolute atomic E-state index is 10.0. The van der Waals surface area contributed by atoms with Gasteiger partial charge in [0.25, 0.3) is 0 Å². The molecule has 0 saturated carbocycles. The van der Waals surface area contributed by atoms with Gasteiger partial charge in [0.2, 0.25) is 0 Å². The Morgan fingerprint density at radius 1 is 0.640 bits per heavy atom. The Kier molecular flexibility index (Phi) is 31.6. The molecule has 146 valence electrons. The topological polar surface area (TPSA) is 94.8 Å². The van der Waals surface area contributed by atoms with Gasteiger partial charge in [-0.05, 0) is 0 Å². The predicted molar refractivity (Wildman–Crippen MR) is 99.5 cm³/mol. The molecule has 0 radical (unpaired) electrons. The number of unbranched alkanes of at least 4 members (excludes halogenated alkanes) is 15. The third kappa shape index (κ3) is 45.9. The number of hydrogen-bond donors (Lipinski definition) is 3. The Hall–Kier alpha value is 1.42. The van der Waals surface area contributed by atoms with E-state index in [9.17, 15) is 4.79 Å². The average molecular weight is 405 g/mol. The number of rotatable bonds is 16. The zero-order valence-corrected chi connectivity index (χ0v) is 20.4. The van der Waals surface area contributed by atoms with Crippen LogP contribution in [-0.4, -0.2) is 21.0 Å². The molecule has 0 amide bonds. The molecule has 0 aromatic heterocycles. The standard InChI is InChI=1S/C18H35O.K.H3O4P/c1-2-3-4-5-6-7-8-9-10-11-12-13-14-15-16-17-18-19;;1-5(2,3)4/h2-17H2,1H3;;(H3,1,2,3,4)/q-1;+1;. The minimum atomic E-state index is -4.64. The molecule has 7 heteroatoms. The van der Waals surface area contributed by atoms with E-state index < -0.39 is 7.82 Å². The minimum Gasteiger partial charge on any atom is -0.542 e. The first-order chi connectivity index (χ1) is 11.4. The summed E-state index contributed by atoms with van der Waals surface area (Å²) in [6, 6.07) is 0. The van der Waals surface area contributed by atoms with Crippen molar-refractivity contribution in [2.45, 2.75) is 110 Å².